The van der Waals surface area contributed by atoms with Crippen LogP contribution in [0.15, 0.2) is 65.6 Å². The Morgan fingerprint density at radius 1 is 1.00 bits per heavy atom. The van der Waals surface area contributed by atoms with Gasteiger partial charge in [-0.25, -0.2) is 8.42 Å². The summed E-state index contributed by atoms with van der Waals surface area (Å²) in [5, 5.41) is 12.5. The van der Waals surface area contributed by atoms with Crippen molar-refractivity contribution in [1.82, 2.24) is 19.8 Å². The van der Waals surface area contributed by atoms with E-state index in [2.05, 4.69) is 20.0 Å². The highest BCUT2D eigenvalue weighted by Crippen LogP contribution is 2.24. The van der Waals surface area contributed by atoms with Crippen molar-refractivity contribution in [2.75, 3.05) is 11.8 Å². The molecule has 1 N–H and O–H groups in total. The molecule has 0 bridgehead atoms. The lowest BCUT2D eigenvalue weighted by Crippen LogP contribution is -2.13. The first kappa shape index (κ1) is 17.9. The van der Waals surface area contributed by atoms with E-state index in [1.165, 1.54) is 19.2 Å². The van der Waals surface area contributed by atoms with Gasteiger partial charge in [0.15, 0.2) is 11.5 Å². The molecule has 0 fully saturated rings. The van der Waals surface area contributed by atoms with Gasteiger partial charge in [0.2, 0.25) is 0 Å². The smallest absolute Gasteiger partial charge is 0.262 e. The molecule has 0 aliphatic rings. The van der Waals surface area contributed by atoms with Gasteiger partial charge < -0.3 is 4.74 Å². The lowest BCUT2D eigenvalue weighted by Gasteiger charge is -2.10. The Labute approximate surface area is 161 Å². The van der Waals surface area contributed by atoms with E-state index in [1.807, 2.05) is 25.1 Å². The van der Waals surface area contributed by atoms with E-state index in [4.69, 9.17) is 4.74 Å². The molecule has 28 heavy (non-hydrogen) atoms. The van der Waals surface area contributed by atoms with Gasteiger partial charge >= 0.3 is 0 Å². The van der Waals surface area contributed by atoms with Gasteiger partial charge in [0.05, 0.1) is 17.7 Å². The van der Waals surface area contributed by atoms with Gasteiger partial charge in [-0.2, -0.15) is 9.61 Å². The SMILES string of the molecule is COc1cccc(S(=O)(=O)Nc2cccc(-c3ccc4nnc(C)n4n3)c2)c1. The molecule has 0 saturated carbocycles. The number of nitrogens with zero attached hydrogens (tertiary/aromatic N) is 4. The van der Waals surface area contributed by atoms with Crippen LogP contribution in [0, 0.1) is 6.92 Å². The second-order valence-corrected chi connectivity index (χ2v) is 7.78. The predicted molar refractivity (Wildman–Crippen MR) is 105 cm³/mol. The summed E-state index contributed by atoms with van der Waals surface area (Å²) >= 11 is 0. The molecule has 0 unspecified atom stereocenters. The van der Waals surface area contributed by atoms with E-state index < -0.39 is 10.0 Å². The summed E-state index contributed by atoms with van der Waals surface area (Å²) in [7, 11) is -2.26. The average molecular weight is 395 g/mol. The van der Waals surface area contributed by atoms with Crippen molar-refractivity contribution in [2.45, 2.75) is 11.8 Å². The Hall–Kier alpha value is -3.46. The maximum absolute atomic E-state index is 12.7. The summed E-state index contributed by atoms with van der Waals surface area (Å²) in [4.78, 5) is 0.122. The molecule has 9 heteroatoms. The minimum Gasteiger partial charge on any atom is -0.497 e. The topological polar surface area (TPSA) is 98.5 Å². The number of rotatable bonds is 5. The third-order valence-electron chi connectivity index (χ3n) is 4.18. The van der Waals surface area contributed by atoms with Crippen LogP contribution >= 0.6 is 0 Å². The number of aromatic nitrogens is 4. The highest BCUT2D eigenvalue weighted by atomic mass is 32.2. The van der Waals surface area contributed by atoms with Crippen LogP contribution in [0.5, 0.6) is 5.75 Å². The predicted octanol–water partition coefficient (Wildman–Crippen LogP) is 2.91. The summed E-state index contributed by atoms with van der Waals surface area (Å²) in [6.07, 6.45) is 0. The van der Waals surface area contributed by atoms with E-state index in [0.29, 0.717) is 28.6 Å². The van der Waals surface area contributed by atoms with E-state index in [-0.39, 0.29) is 4.90 Å². The first-order valence-electron chi connectivity index (χ1n) is 8.43. The van der Waals surface area contributed by atoms with Crippen LogP contribution in [0.2, 0.25) is 0 Å². The van der Waals surface area contributed by atoms with E-state index in [1.54, 1.807) is 34.8 Å². The second kappa shape index (κ2) is 6.93. The first-order chi connectivity index (χ1) is 13.5. The minimum absolute atomic E-state index is 0.122. The lowest BCUT2D eigenvalue weighted by molar-refractivity contribution is 0.413. The molecule has 4 rings (SSSR count). The Bertz CT molecular complexity index is 1270. The summed E-state index contributed by atoms with van der Waals surface area (Å²) < 4.78 is 34.7. The van der Waals surface area contributed by atoms with Crippen LogP contribution in [-0.4, -0.2) is 35.3 Å². The molecule has 4 aromatic rings. The molecule has 142 valence electrons. The Kier molecular flexibility index (Phi) is 4.44. The zero-order valence-electron chi connectivity index (χ0n) is 15.2. The third kappa shape index (κ3) is 3.39. The van der Waals surface area contributed by atoms with Gasteiger partial charge in [0, 0.05) is 17.3 Å². The number of anilines is 1. The van der Waals surface area contributed by atoms with Crippen LogP contribution in [0.4, 0.5) is 5.69 Å². The fraction of sp³-hybridized carbons (Fsp3) is 0.105. The fourth-order valence-corrected chi connectivity index (χ4v) is 3.86. The molecular formula is C19H17N5O3S. The van der Waals surface area contributed by atoms with Gasteiger partial charge in [0.25, 0.3) is 10.0 Å². The number of methoxy groups -OCH3 is 1. The quantitative estimate of drug-likeness (QED) is 0.558. The number of hydrogen-bond donors (Lipinski definition) is 1. The van der Waals surface area contributed by atoms with Crippen molar-refractivity contribution >= 4 is 21.4 Å². The first-order valence-corrected chi connectivity index (χ1v) is 9.91. The van der Waals surface area contributed by atoms with Gasteiger partial charge in [0.1, 0.15) is 5.75 Å². The summed E-state index contributed by atoms with van der Waals surface area (Å²) in [5.41, 5.74) is 2.53. The summed E-state index contributed by atoms with van der Waals surface area (Å²) in [6.45, 7) is 1.81. The van der Waals surface area contributed by atoms with Crippen LogP contribution in [-0.2, 0) is 10.0 Å². The molecule has 0 aliphatic carbocycles. The minimum atomic E-state index is -3.75. The standard InChI is InChI=1S/C19H17N5O3S/c1-13-20-21-19-10-9-18(22-24(13)19)14-5-3-6-15(11-14)23-28(25,26)17-8-4-7-16(12-17)27-2/h3-12,23H,1-2H3. The molecule has 0 spiro atoms. The fourth-order valence-electron chi connectivity index (χ4n) is 2.77. The number of sulfonamides is 1. The lowest BCUT2D eigenvalue weighted by atomic mass is 10.1. The van der Waals surface area contributed by atoms with Gasteiger partial charge in [-0.1, -0.05) is 18.2 Å². The Morgan fingerprint density at radius 3 is 2.64 bits per heavy atom. The Morgan fingerprint density at radius 2 is 1.82 bits per heavy atom. The van der Waals surface area contributed by atoms with E-state index >= 15 is 0 Å². The molecule has 2 aromatic carbocycles. The van der Waals surface area contributed by atoms with Crippen molar-refractivity contribution in [3.63, 3.8) is 0 Å². The summed E-state index contributed by atoms with van der Waals surface area (Å²) in [5.74, 6) is 1.14. The van der Waals surface area contributed by atoms with E-state index in [0.717, 1.165) is 5.56 Å². The molecule has 0 aliphatic heterocycles. The highest BCUT2D eigenvalue weighted by Gasteiger charge is 2.15. The van der Waals surface area contributed by atoms with Gasteiger partial charge in [-0.15, -0.1) is 10.2 Å². The second-order valence-electron chi connectivity index (χ2n) is 6.10. The van der Waals surface area contributed by atoms with Gasteiger partial charge in [-0.3, -0.25) is 4.72 Å². The van der Waals surface area contributed by atoms with Crippen LogP contribution in [0.25, 0.3) is 16.9 Å². The van der Waals surface area contributed by atoms with Crippen LogP contribution < -0.4 is 9.46 Å². The number of aryl methyl sites for hydroxylation is 1. The number of hydrogen-bond acceptors (Lipinski definition) is 6. The van der Waals surface area contributed by atoms with Crippen molar-refractivity contribution in [1.29, 1.82) is 0 Å². The highest BCUT2D eigenvalue weighted by molar-refractivity contribution is 7.92. The van der Waals surface area contributed by atoms with Crippen molar-refractivity contribution in [3.8, 4) is 17.0 Å². The van der Waals surface area contributed by atoms with Crippen molar-refractivity contribution in [2.24, 2.45) is 0 Å². The van der Waals surface area contributed by atoms with Crippen LogP contribution in [0.3, 0.4) is 0 Å². The molecule has 0 atom stereocenters. The largest absolute Gasteiger partial charge is 0.497 e. The average Bonchev–Trinajstić information content (AvgIpc) is 3.08. The number of ether oxygens (including phenoxy) is 1. The molecule has 8 nitrogen and oxygen atoms in total. The molecule has 2 heterocycles. The van der Waals surface area contributed by atoms with Crippen molar-refractivity contribution < 1.29 is 13.2 Å². The third-order valence-corrected chi connectivity index (χ3v) is 5.56. The number of nitrogens with one attached hydrogen (secondary N) is 1. The molecule has 2 aromatic heterocycles. The molecule has 0 saturated heterocycles. The molecule has 0 amide bonds. The zero-order valence-corrected chi connectivity index (χ0v) is 16.0. The molecule has 0 radical (unpaired) electrons. The summed E-state index contributed by atoms with van der Waals surface area (Å²) in [6, 6.07) is 17.0. The maximum Gasteiger partial charge on any atom is 0.262 e. The van der Waals surface area contributed by atoms with Gasteiger partial charge in [-0.05, 0) is 43.3 Å². The monoisotopic (exact) mass is 395 g/mol. The number of fused-ring (bicyclic) bond motifs is 1. The normalized spacial score (nSPS) is 11.5. The van der Waals surface area contributed by atoms with Crippen molar-refractivity contribution in [3.05, 3.63) is 66.5 Å². The maximum atomic E-state index is 12.7. The molecular weight excluding hydrogens is 378 g/mol. The number of benzene rings is 2. The van der Waals surface area contributed by atoms with Crippen LogP contribution in [0.1, 0.15) is 5.82 Å². The Balaban J connectivity index is 1.67. The van der Waals surface area contributed by atoms with E-state index in [9.17, 15) is 8.42 Å². The zero-order chi connectivity index (χ0) is 19.7.